The van der Waals surface area contributed by atoms with Crippen LogP contribution in [0.5, 0.6) is 0 Å². The number of nitrogens with one attached hydrogen (secondary N) is 2. The number of H-pyrrole nitrogens is 1. The molecule has 2 aromatic heterocycles. The highest BCUT2D eigenvalue weighted by Gasteiger charge is 2.14. The van der Waals surface area contributed by atoms with Crippen LogP contribution in [0.25, 0.3) is 21.7 Å². The van der Waals surface area contributed by atoms with E-state index in [4.69, 9.17) is 11.6 Å². The number of hydrogen-bond donors (Lipinski definition) is 3. The van der Waals surface area contributed by atoms with Crippen molar-refractivity contribution in [1.82, 2.24) is 9.97 Å². The number of pyridine rings is 2. The first kappa shape index (κ1) is 17.4. The lowest BCUT2D eigenvalue weighted by atomic mass is 10.1. The van der Waals surface area contributed by atoms with E-state index in [1.54, 1.807) is 6.07 Å². The van der Waals surface area contributed by atoms with Crippen LogP contribution in [0.15, 0.2) is 47.4 Å². The third-order valence-corrected chi connectivity index (χ3v) is 4.55. The summed E-state index contributed by atoms with van der Waals surface area (Å²) in [5.74, 6) is -0.812. The van der Waals surface area contributed by atoms with Crippen LogP contribution in [0.4, 0.5) is 20.3 Å². The number of nitrogens with zero attached hydrogens (tertiary/aromatic N) is 1. The molecule has 0 spiro atoms. The van der Waals surface area contributed by atoms with E-state index in [9.17, 15) is 18.7 Å². The predicted octanol–water partition coefficient (Wildman–Crippen LogP) is 4.24. The van der Waals surface area contributed by atoms with Gasteiger partial charge in [-0.1, -0.05) is 11.6 Å². The minimum absolute atomic E-state index is 0.0620. The van der Waals surface area contributed by atoms with E-state index in [2.05, 4.69) is 15.3 Å². The Hall–Kier alpha value is -3.03. The number of aromatic amines is 1. The molecule has 0 saturated carbocycles. The Kier molecular flexibility index (Phi) is 4.25. The van der Waals surface area contributed by atoms with Crippen LogP contribution in [-0.2, 0) is 6.61 Å². The number of aliphatic hydroxyl groups excluding tert-OH is 1. The molecule has 0 aliphatic rings. The lowest BCUT2D eigenvalue weighted by Crippen LogP contribution is -2.08. The maximum atomic E-state index is 13.8. The van der Waals surface area contributed by atoms with E-state index in [1.165, 1.54) is 30.5 Å². The van der Waals surface area contributed by atoms with Crippen molar-refractivity contribution in [3.05, 3.63) is 75.2 Å². The second kappa shape index (κ2) is 6.61. The van der Waals surface area contributed by atoms with Crippen molar-refractivity contribution >= 4 is 44.8 Å². The van der Waals surface area contributed by atoms with Crippen molar-refractivity contribution in [2.24, 2.45) is 0 Å². The molecule has 3 N–H and O–H groups in total. The fourth-order valence-corrected chi connectivity index (χ4v) is 3.16. The van der Waals surface area contributed by atoms with Crippen LogP contribution in [0.1, 0.15) is 5.56 Å². The van der Waals surface area contributed by atoms with Gasteiger partial charge in [-0.05, 0) is 36.4 Å². The number of benzene rings is 2. The van der Waals surface area contributed by atoms with Gasteiger partial charge < -0.3 is 15.4 Å². The summed E-state index contributed by atoms with van der Waals surface area (Å²) in [6.07, 6.45) is 1.45. The lowest BCUT2D eigenvalue weighted by molar-refractivity contribution is 0.276. The molecule has 0 bridgehead atoms. The van der Waals surface area contributed by atoms with Gasteiger partial charge in [0.1, 0.15) is 17.5 Å². The molecule has 0 saturated heterocycles. The molecule has 0 aliphatic heterocycles. The van der Waals surface area contributed by atoms with Gasteiger partial charge in [0.2, 0.25) is 0 Å². The Morgan fingerprint density at radius 2 is 1.96 bits per heavy atom. The summed E-state index contributed by atoms with van der Waals surface area (Å²) in [7, 11) is 0. The normalized spacial score (nSPS) is 11.3. The summed E-state index contributed by atoms with van der Waals surface area (Å²) in [6, 6.07) is 8.04. The number of rotatable bonds is 3. The first-order valence-electron chi connectivity index (χ1n) is 7.94. The number of fused-ring (bicyclic) bond motifs is 3. The standard InChI is InChI=1S/C19H12ClF2N3O2/c20-13-7-14(22)9(8-26)5-16(13)25-18-11-3-4-23-19(27)17(11)12-6-10(21)1-2-15(12)24-18/h1-7,26H,8H2,(H,23,27)(H,24,25). The summed E-state index contributed by atoms with van der Waals surface area (Å²) in [5, 5.41) is 13.4. The van der Waals surface area contributed by atoms with Gasteiger partial charge in [-0.15, -0.1) is 0 Å². The highest BCUT2D eigenvalue weighted by molar-refractivity contribution is 6.33. The summed E-state index contributed by atoms with van der Waals surface area (Å²) < 4.78 is 27.4. The quantitative estimate of drug-likeness (QED) is 0.459. The third kappa shape index (κ3) is 3.01. The molecular weight excluding hydrogens is 376 g/mol. The maximum Gasteiger partial charge on any atom is 0.256 e. The molecule has 0 amide bonds. The Balaban J connectivity index is 1.98. The molecule has 0 unspecified atom stereocenters. The summed E-state index contributed by atoms with van der Waals surface area (Å²) in [5.41, 5.74) is 0.392. The topological polar surface area (TPSA) is 78.0 Å². The molecule has 0 radical (unpaired) electrons. The van der Waals surface area contributed by atoms with Crippen LogP contribution in [0.3, 0.4) is 0 Å². The van der Waals surface area contributed by atoms with Crippen LogP contribution < -0.4 is 10.9 Å². The van der Waals surface area contributed by atoms with E-state index < -0.39 is 23.8 Å². The zero-order valence-corrected chi connectivity index (χ0v) is 14.4. The number of hydrogen-bond acceptors (Lipinski definition) is 4. The highest BCUT2D eigenvalue weighted by Crippen LogP contribution is 2.33. The lowest BCUT2D eigenvalue weighted by Gasteiger charge is -2.13. The van der Waals surface area contributed by atoms with Crippen LogP contribution >= 0.6 is 11.6 Å². The second-order valence-electron chi connectivity index (χ2n) is 5.92. The number of aliphatic hydroxyl groups is 1. The number of aromatic nitrogens is 2. The summed E-state index contributed by atoms with van der Waals surface area (Å²) in [4.78, 5) is 19.4. The molecule has 8 heteroatoms. The van der Waals surface area contributed by atoms with Gasteiger partial charge in [0.25, 0.3) is 5.56 Å². The van der Waals surface area contributed by atoms with Gasteiger partial charge in [-0.25, -0.2) is 13.8 Å². The Bertz CT molecular complexity index is 1260. The monoisotopic (exact) mass is 387 g/mol. The van der Waals surface area contributed by atoms with E-state index in [0.29, 0.717) is 27.8 Å². The van der Waals surface area contributed by atoms with E-state index in [0.717, 1.165) is 6.07 Å². The largest absolute Gasteiger partial charge is 0.392 e. The average molecular weight is 388 g/mol. The zero-order valence-electron chi connectivity index (χ0n) is 13.7. The molecule has 2 aromatic carbocycles. The molecule has 0 atom stereocenters. The molecule has 4 rings (SSSR count). The van der Waals surface area contributed by atoms with Gasteiger partial charge in [-0.3, -0.25) is 4.79 Å². The fourth-order valence-electron chi connectivity index (χ4n) is 2.96. The molecular formula is C19H12ClF2N3O2. The minimum Gasteiger partial charge on any atom is -0.392 e. The number of halogens is 3. The van der Waals surface area contributed by atoms with Gasteiger partial charge in [0.15, 0.2) is 0 Å². The van der Waals surface area contributed by atoms with Gasteiger partial charge in [0.05, 0.1) is 28.2 Å². The molecule has 0 aliphatic carbocycles. The third-order valence-electron chi connectivity index (χ3n) is 4.24. The van der Waals surface area contributed by atoms with E-state index in [-0.39, 0.29) is 16.0 Å². The van der Waals surface area contributed by atoms with Gasteiger partial charge in [-0.2, -0.15) is 0 Å². The smallest absolute Gasteiger partial charge is 0.256 e. The molecule has 136 valence electrons. The van der Waals surface area contributed by atoms with Crippen molar-refractivity contribution in [1.29, 1.82) is 0 Å². The zero-order chi connectivity index (χ0) is 19.1. The summed E-state index contributed by atoms with van der Waals surface area (Å²) >= 11 is 6.10. The first-order valence-corrected chi connectivity index (χ1v) is 8.32. The molecule has 27 heavy (non-hydrogen) atoms. The van der Waals surface area contributed by atoms with Crippen molar-refractivity contribution in [3.8, 4) is 0 Å². The van der Waals surface area contributed by atoms with Gasteiger partial charge >= 0.3 is 0 Å². The molecule has 4 aromatic rings. The Morgan fingerprint density at radius 1 is 1.15 bits per heavy atom. The van der Waals surface area contributed by atoms with E-state index in [1.807, 2.05) is 0 Å². The fraction of sp³-hybridized carbons (Fsp3) is 0.0526. The van der Waals surface area contributed by atoms with Crippen LogP contribution in [0, 0.1) is 11.6 Å². The van der Waals surface area contributed by atoms with Crippen molar-refractivity contribution in [2.45, 2.75) is 6.61 Å². The van der Waals surface area contributed by atoms with Crippen LogP contribution in [-0.4, -0.2) is 15.1 Å². The van der Waals surface area contributed by atoms with Crippen LogP contribution in [0.2, 0.25) is 5.02 Å². The van der Waals surface area contributed by atoms with Crippen molar-refractivity contribution in [3.63, 3.8) is 0 Å². The Morgan fingerprint density at radius 3 is 2.74 bits per heavy atom. The molecule has 0 fully saturated rings. The minimum atomic E-state index is -0.628. The molecule has 2 heterocycles. The predicted molar refractivity (Wildman–Crippen MR) is 100 cm³/mol. The Labute approximate surface area is 156 Å². The SMILES string of the molecule is O=c1[nH]ccc2c(Nc3cc(CO)c(F)cc3Cl)nc3ccc(F)cc3c12. The number of anilines is 2. The second-order valence-corrected chi connectivity index (χ2v) is 6.33. The first-order chi connectivity index (χ1) is 13.0. The maximum absolute atomic E-state index is 13.8. The van der Waals surface area contributed by atoms with Gasteiger partial charge in [0, 0.05) is 22.5 Å². The average Bonchev–Trinajstić information content (AvgIpc) is 2.64. The molecule has 5 nitrogen and oxygen atoms in total. The summed E-state index contributed by atoms with van der Waals surface area (Å²) in [6.45, 7) is -0.497. The van der Waals surface area contributed by atoms with E-state index >= 15 is 0 Å². The van der Waals surface area contributed by atoms with Crippen molar-refractivity contribution < 1.29 is 13.9 Å². The highest BCUT2D eigenvalue weighted by atomic mass is 35.5. The van der Waals surface area contributed by atoms with Crippen molar-refractivity contribution in [2.75, 3.05) is 5.32 Å².